The maximum absolute atomic E-state index is 12.8. The highest BCUT2D eigenvalue weighted by Gasteiger charge is 2.34. The van der Waals surface area contributed by atoms with Crippen molar-refractivity contribution in [2.24, 2.45) is 5.92 Å². The third kappa shape index (κ3) is 5.43. The van der Waals surface area contributed by atoms with E-state index in [9.17, 15) is 13.2 Å². The number of carbonyl (C=O) groups excluding carboxylic acids is 1. The minimum Gasteiger partial charge on any atom is -0.339 e. The summed E-state index contributed by atoms with van der Waals surface area (Å²) in [5.41, 5.74) is 2.10. The van der Waals surface area contributed by atoms with Gasteiger partial charge in [0, 0.05) is 38.8 Å². The minimum absolute atomic E-state index is 0.123. The summed E-state index contributed by atoms with van der Waals surface area (Å²) in [5, 5.41) is 0.907. The lowest BCUT2D eigenvalue weighted by atomic mass is 10.1. The number of hydrogen-bond donors (Lipinski definition) is 0. The van der Waals surface area contributed by atoms with Crippen LogP contribution in [0.1, 0.15) is 26.7 Å². The number of nitrogens with zero attached hydrogens (tertiary/aromatic N) is 4. The number of benzene rings is 1. The largest absolute Gasteiger partial charge is 0.339 e. The van der Waals surface area contributed by atoms with Crippen LogP contribution in [-0.4, -0.2) is 83.2 Å². The van der Waals surface area contributed by atoms with Crippen molar-refractivity contribution < 1.29 is 13.2 Å². The zero-order chi connectivity index (χ0) is 22.0. The summed E-state index contributed by atoms with van der Waals surface area (Å²) in [6, 6.07) is 8.27. The molecule has 1 aromatic carbocycles. The lowest BCUT2D eigenvalue weighted by Crippen LogP contribution is -2.52. The fourth-order valence-electron chi connectivity index (χ4n) is 4.38. The standard InChI is InChI=1S/C22H32N4O3S2/c1-17(2)7-9-26-20-6-4-3-5-19(20)23-22(26)30-15-21(27)25-12-10-24(11-13-25)18-8-14-31(28,29)16-18/h3-6,17-18H,7-16H2,1-2H3. The van der Waals surface area contributed by atoms with Gasteiger partial charge in [-0.3, -0.25) is 9.69 Å². The Hall–Kier alpha value is -1.58. The number of para-hydroxylation sites is 2. The molecule has 0 bridgehead atoms. The predicted octanol–water partition coefficient (Wildman–Crippen LogP) is 2.51. The van der Waals surface area contributed by atoms with Crippen LogP contribution in [0.3, 0.4) is 0 Å². The first-order valence-electron chi connectivity index (χ1n) is 11.1. The smallest absolute Gasteiger partial charge is 0.233 e. The molecule has 9 heteroatoms. The van der Waals surface area contributed by atoms with Gasteiger partial charge in [0.2, 0.25) is 5.91 Å². The normalized spacial score (nSPS) is 21.9. The molecule has 1 atom stereocenters. The van der Waals surface area contributed by atoms with Gasteiger partial charge >= 0.3 is 0 Å². The highest BCUT2D eigenvalue weighted by molar-refractivity contribution is 7.99. The van der Waals surface area contributed by atoms with Crippen molar-refractivity contribution in [1.29, 1.82) is 0 Å². The average molecular weight is 465 g/mol. The molecule has 2 fully saturated rings. The van der Waals surface area contributed by atoms with Crippen LogP contribution >= 0.6 is 11.8 Å². The van der Waals surface area contributed by atoms with Gasteiger partial charge in [0.15, 0.2) is 15.0 Å². The van der Waals surface area contributed by atoms with Crippen LogP contribution in [0.15, 0.2) is 29.4 Å². The number of aromatic nitrogens is 2. The molecular formula is C22H32N4O3S2. The zero-order valence-corrected chi connectivity index (χ0v) is 20.0. The van der Waals surface area contributed by atoms with E-state index in [0.29, 0.717) is 30.5 Å². The molecule has 0 N–H and O–H groups in total. The van der Waals surface area contributed by atoms with E-state index in [4.69, 9.17) is 4.98 Å². The van der Waals surface area contributed by atoms with E-state index < -0.39 is 9.84 Å². The Morgan fingerprint density at radius 2 is 1.94 bits per heavy atom. The minimum atomic E-state index is -2.87. The quantitative estimate of drug-likeness (QED) is 0.586. The van der Waals surface area contributed by atoms with Crippen LogP contribution in [0.25, 0.3) is 11.0 Å². The van der Waals surface area contributed by atoms with Crippen molar-refractivity contribution >= 4 is 38.5 Å². The number of fused-ring (bicyclic) bond motifs is 1. The number of imidazole rings is 1. The molecule has 0 spiro atoms. The summed E-state index contributed by atoms with van der Waals surface area (Å²) in [7, 11) is -2.87. The maximum Gasteiger partial charge on any atom is 0.233 e. The third-order valence-electron chi connectivity index (χ3n) is 6.27. The predicted molar refractivity (Wildman–Crippen MR) is 125 cm³/mol. The van der Waals surface area contributed by atoms with Gasteiger partial charge in [0.05, 0.1) is 28.3 Å². The van der Waals surface area contributed by atoms with Crippen molar-refractivity contribution in [3.63, 3.8) is 0 Å². The lowest BCUT2D eigenvalue weighted by molar-refractivity contribution is -0.130. The molecule has 2 aromatic rings. The summed E-state index contributed by atoms with van der Waals surface area (Å²) in [6.45, 7) is 8.18. The van der Waals surface area contributed by atoms with Crippen LogP contribution in [-0.2, 0) is 21.2 Å². The first-order valence-corrected chi connectivity index (χ1v) is 13.9. The molecule has 0 saturated carbocycles. The second-order valence-corrected chi connectivity index (χ2v) is 12.2. The molecule has 2 saturated heterocycles. The van der Waals surface area contributed by atoms with Gasteiger partial charge < -0.3 is 9.47 Å². The van der Waals surface area contributed by atoms with Crippen LogP contribution in [0.2, 0.25) is 0 Å². The molecule has 4 rings (SSSR count). The van der Waals surface area contributed by atoms with E-state index in [1.165, 1.54) is 11.8 Å². The van der Waals surface area contributed by atoms with Crippen molar-refractivity contribution in [1.82, 2.24) is 19.4 Å². The van der Waals surface area contributed by atoms with Gasteiger partial charge in [-0.15, -0.1) is 0 Å². The Morgan fingerprint density at radius 3 is 2.61 bits per heavy atom. The summed E-state index contributed by atoms with van der Waals surface area (Å²) in [4.78, 5) is 21.8. The molecule has 0 aliphatic carbocycles. The second-order valence-electron chi connectivity index (χ2n) is 8.98. The monoisotopic (exact) mass is 464 g/mol. The van der Waals surface area contributed by atoms with Crippen molar-refractivity contribution in [3.8, 4) is 0 Å². The van der Waals surface area contributed by atoms with E-state index >= 15 is 0 Å². The number of sulfone groups is 1. The number of carbonyl (C=O) groups is 1. The fourth-order valence-corrected chi connectivity index (χ4v) is 7.09. The number of thioether (sulfide) groups is 1. The number of amides is 1. The summed E-state index contributed by atoms with van der Waals surface area (Å²) >= 11 is 1.52. The van der Waals surface area contributed by atoms with E-state index in [2.05, 4.69) is 29.4 Å². The Bertz CT molecular complexity index is 1030. The van der Waals surface area contributed by atoms with Gasteiger partial charge in [0.1, 0.15) is 0 Å². The molecule has 1 aromatic heterocycles. The number of hydrogen-bond acceptors (Lipinski definition) is 6. The Labute approximate surface area is 189 Å². The fraction of sp³-hybridized carbons (Fsp3) is 0.636. The number of rotatable bonds is 7. The molecule has 7 nitrogen and oxygen atoms in total. The van der Waals surface area contributed by atoms with Gasteiger partial charge in [-0.1, -0.05) is 37.7 Å². The van der Waals surface area contributed by atoms with E-state index in [-0.39, 0.29) is 17.7 Å². The van der Waals surface area contributed by atoms with Crippen molar-refractivity contribution in [2.45, 2.75) is 44.4 Å². The van der Waals surface area contributed by atoms with Gasteiger partial charge in [-0.05, 0) is 30.9 Å². The maximum atomic E-state index is 12.8. The molecular weight excluding hydrogens is 432 g/mol. The first kappa shape index (κ1) is 22.6. The second kappa shape index (κ2) is 9.50. The van der Waals surface area contributed by atoms with Gasteiger partial charge in [0.25, 0.3) is 0 Å². The Balaban J connectivity index is 1.34. The molecule has 2 aliphatic rings. The molecule has 1 unspecified atom stereocenters. The molecule has 170 valence electrons. The van der Waals surface area contributed by atoms with Crippen LogP contribution in [0.4, 0.5) is 0 Å². The molecule has 0 radical (unpaired) electrons. The van der Waals surface area contributed by atoms with Crippen LogP contribution in [0.5, 0.6) is 0 Å². The molecule has 31 heavy (non-hydrogen) atoms. The Morgan fingerprint density at radius 1 is 1.19 bits per heavy atom. The van der Waals surface area contributed by atoms with Gasteiger partial charge in [-0.25, -0.2) is 13.4 Å². The molecule has 1 amide bonds. The third-order valence-corrected chi connectivity index (χ3v) is 8.98. The van der Waals surface area contributed by atoms with Crippen LogP contribution < -0.4 is 0 Å². The zero-order valence-electron chi connectivity index (χ0n) is 18.4. The van der Waals surface area contributed by atoms with Crippen molar-refractivity contribution in [2.75, 3.05) is 43.4 Å². The molecule has 2 aliphatic heterocycles. The van der Waals surface area contributed by atoms with E-state index in [0.717, 1.165) is 48.7 Å². The van der Waals surface area contributed by atoms with E-state index in [1.54, 1.807) is 0 Å². The van der Waals surface area contributed by atoms with Gasteiger partial charge in [-0.2, -0.15) is 0 Å². The summed E-state index contributed by atoms with van der Waals surface area (Å²) < 4.78 is 25.7. The highest BCUT2D eigenvalue weighted by atomic mass is 32.2. The molecule has 3 heterocycles. The summed E-state index contributed by atoms with van der Waals surface area (Å²) in [5.74, 6) is 1.68. The topological polar surface area (TPSA) is 75.5 Å². The first-order chi connectivity index (χ1) is 14.8. The summed E-state index contributed by atoms with van der Waals surface area (Å²) in [6.07, 6.45) is 1.79. The number of aryl methyl sites for hydroxylation is 1. The average Bonchev–Trinajstić information content (AvgIpc) is 3.29. The SMILES string of the molecule is CC(C)CCn1c(SCC(=O)N2CCN(C3CCS(=O)(=O)C3)CC2)nc2ccccc21. The van der Waals surface area contributed by atoms with E-state index in [1.807, 2.05) is 23.1 Å². The number of piperazine rings is 1. The van der Waals surface area contributed by atoms with Crippen molar-refractivity contribution in [3.05, 3.63) is 24.3 Å². The van der Waals surface area contributed by atoms with Crippen LogP contribution in [0, 0.1) is 5.92 Å². The Kier molecular flexibility index (Phi) is 6.93. The lowest BCUT2D eigenvalue weighted by Gasteiger charge is -2.37. The highest BCUT2D eigenvalue weighted by Crippen LogP contribution is 2.26.